The number of carbonyl (C=O) groups excluding carboxylic acids is 2. The molecular formula is C23H23Cl2NO4. The number of halogens is 2. The van der Waals surface area contributed by atoms with Crippen molar-refractivity contribution in [3.8, 4) is 0 Å². The van der Waals surface area contributed by atoms with Gasteiger partial charge in [0.25, 0.3) is 11.7 Å². The van der Waals surface area contributed by atoms with E-state index in [1.54, 1.807) is 48.5 Å². The van der Waals surface area contributed by atoms with E-state index in [0.717, 1.165) is 0 Å². The van der Waals surface area contributed by atoms with Crippen molar-refractivity contribution in [2.75, 3.05) is 13.2 Å². The first-order chi connectivity index (χ1) is 14.3. The third kappa shape index (κ3) is 4.69. The van der Waals surface area contributed by atoms with Crippen molar-refractivity contribution >= 4 is 40.7 Å². The number of nitrogens with zero attached hydrogens (tertiary/aromatic N) is 1. The van der Waals surface area contributed by atoms with Crippen LogP contribution in [0.2, 0.25) is 10.0 Å². The number of rotatable bonds is 7. The number of hydrogen-bond donors (Lipinski definition) is 1. The van der Waals surface area contributed by atoms with Gasteiger partial charge in [-0.25, -0.2) is 0 Å². The Hall–Kier alpha value is -2.34. The molecule has 0 spiro atoms. The van der Waals surface area contributed by atoms with Crippen molar-refractivity contribution in [3.63, 3.8) is 0 Å². The van der Waals surface area contributed by atoms with E-state index in [-0.39, 0.29) is 17.4 Å². The number of aliphatic hydroxyl groups is 1. The lowest BCUT2D eigenvalue weighted by Gasteiger charge is -2.26. The van der Waals surface area contributed by atoms with Gasteiger partial charge in [0, 0.05) is 28.8 Å². The molecule has 0 radical (unpaired) electrons. The molecule has 30 heavy (non-hydrogen) atoms. The molecule has 158 valence electrons. The molecule has 1 saturated heterocycles. The topological polar surface area (TPSA) is 66.8 Å². The monoisotopic (exact) mass is 447 g/mol. The van der Waals surface area contributed by atoms with Crippen LogP contribution in [0.25, 0.3) is 5.76 Å². The minimum absolute atomic E-state index is 0.0141. The zero-order valence-electron chi connectivity index (χ0n) is 16.8. The molecule has 7 heteroatoms. The molecule has 1 aliphatic rings. The predicted molar refractivity (Wildman–Crippen MR) is 118 cm³/mol. The summed E-state index contributed by atoms with van der Waals surface area (Å²) in [4.78, 5) is 27.2. The summed E-state index contributed by atoms with van der Waals surface area (Å²) in [5, 5.41) is 11.9. The number of Topliss-reactive ketones (excluding diaryl/α,β-unsaturated/α-hetero) is 1. The summed E-state index contributed by atoms with van der Waals surface area (Å²) < 4.78 is 5.56. The fraction of sp³-hybridized carbons (Fsp3) is 0.304. The molecule has 2 aromatic rings. The Morgan fingerprint density at radius 3 is 2.40 bits per heavy atom. The van der Waals surface area contributed by atoms with Gasteiger partial charge in [-0.2, -0.15) is 0 Å². The molecule has 1 heterocycles. The molecule has 3 rings (SSSR count). The van der Waals surface area contributed by atoms with Crippen molar-refractivity contribution in [3.05, 3.63) is 75.3 Å². The lowest BCUT2D eigenvalue weighted by Crippen LogP contribution is -2.31. The van der Waals surface area contributed by atoms with E-state index in [2.05, 4.69) is 0 Å². The maximum atomic E-state index is 12.9. The van der Waals surface area contributed by atoms with Crippen LogP contribution < -0.4 is 0 Å². The van der Waals surface area contributed by atoms with E-state index < -0.39 is 17.7 Å². The van der Waals surface area contributed by atoms with Gasteiger partial charge in [-0.1, -0.05) is 41.4 Å². The van der Waals surface area contributed by atoms with E-state index in [4.69, 9.17) is 27.9 Å². The Bertz CT molecular complexity index is 969. The molecule has 0 aliphatic carbocycles. The number of amides is 1. The summed E-state index contributed by atoms with van der Waals surface area (Å²) in [5.74, 6) is -1.66. The van der Waals surface area contributed by atoms with Crippen LogP contribution in [-0.2, 0) is 14.3 Å². The van der Waals surface area contributed by atoms with Crippen molar-refractivity contribution in [2.45, 2.75) is 32.4 Å². The van der Waals surface area contributed by atoms with Gasteiger partial charge in [0.2, 0.25) is 0 Å². The van der Waals surface area contributed by atoms with Crippen LogP contribution in [0.4, 0.5) is 0 Å². The second-order valence-electron chi connectivity index (χ2n) is 7.29. The van der Waals surface area contributed by atoms with Crippen LogP contribution in [-0.4, -0.2) is 41.0 Å². The largest absolute Gasteiger partial charge is 0.507 e. The first kappa shape index (κ1) is 22.3. The van der Waals surface area contributed by atoms with E-state index in [1.807, 2.05) is 13.8 Å². The molecule has 0 saturated carbocycles. The average Bonchev–Trinajstić information content (AvgIpc) is 2.96. The molecule has 0 bridgehead atoms. The Morgan fingerprint density at radius 1 is 1.10 bits per heavy atom. The standard InChI is InChI=1S/C23H23Cl2NO4/c1-14(2)30-13-5-12-26-20(17-6-3-4-7-18(17)25)19(22(28)23(26)29)21(27)15-8-10-16(24)11-9-15/h3-4,6-11,14,20,27H,5,12-13H2,1-2H3/t20-/m0/s1. The molecule has 1 N–H and O–H groups in total. The molecule has 0 unspecified atom stereocenters. The van der Waals surface area contributed by atoms with Gasteiger partial charge in [-0.05, 0) is 56.2 Å². The number of benzene rings is 2. The minimum Gasteiger partial charge on any atom is -0.507 e. The highest BCUT2D eigenvalue weighted by atomic mass is 35.5. The first-order valence-electron chi connectivity index (χ1n) is 9.71. The summed E-state index contributed by atoms with van der Waals surface area (Å²) in [7, 11) is 0. The van der Waals surface area contributed by atoms with Gasteiger partial charge in [-0.3, -0.25) is 9.59 Å². The number of carbonyl (C=O) groups is 2. The SMILES string of the molecule is CC(C)OCCCN1C(=O)C(=O)C(=C(O)c2ccc(Cl)cc2)[C@@H]1c1ccccc1Cl. The number of aliphatic hydroxyl groups excluding tert-OH is 1. The van der Waals surface area contributed by atoms with Gasteiger partial charge in [0.1, 0.15) is 5.76 Å². The van der Waals surface area contributed by atoms with Crippen molar-refractivity contribution in [1.82, 2.24) is 4.90 Å². The van der Waals surface area contributed by atoms with Gasteiger partial charge in [-0.15, -0.1) is 0 Å². The molecule has 2 aromatic carbocycles. The molecule has 0 aromatic heterocycles. The van der Waals surface area contributed by atoms with Crippen LogP contribution in [0.5, 0.6) is 0 Å². The third-order valence-electron chi connectivity index (χ3n) is 4.85. The minimum atomic E-state index is -0.784. The summed E-state index contributed by atoms with van der Waals surface area (Å²) in [6.45, 7) is 4.61. The predicted octanol–water partition coefficient (Wildman–Crippen LogP) is 5.23. The van der Waals surface area contributed by atoms with Gasteiger partial charge >= 0.3 is 0 Å². The normalized spacial score (nSPS) is 18.4. The third-order valence-corrected chi connectivity index (χ3v) is 5.45. The lowest BCUT2D eigenvalue weighted by atomic mass is 9.95. The van der Waals surface area contributed by atoms with Crippen LogP contribution in [0.15, 0.2) is 54.1 Å². The van der Waals surface area contributed by atoms with Crippen molar-refractivity contribution in [1.29, 1.82) is 0 Å². The van der Waals surface area contributed by atoms with Crippen LogP contribution >= 0.6 is 23.2 Å². The Kier molecular flexibility index (Phi) is 7.19. The first-order valence-corrected chi connectivity index (χ1v) is 10.5. The highest BCUT2D eigenvalue weighted by molar-refractivity contribution is 6.47. The van der Waals surface area contributed by atoms with E-state index in [9.17, 15) is 14.7 Å². The number of ketones is 1. The maximum absolute atomic E-state index is 12.9. The fourth-order valence-electron chi connectivity index (χ4n) is 3.45. The molecule has 1 atom stereocenters. The summed E-state index contributed by atoms with van der Waals surface area (Å²) >= 11 is 12.3. The molecular weight excluding hydrogens is 425 g/mol. The Balaban J connectivity index is 2.04. The number of ether oxygens (including phenoxy) is 1. The Labute approximate surface area is 185 Å². The summed E-state index contributed by atoms with van der Waals surface area (Å²) in [6.07, 6.45) is 0.623. The molecule has 1 fully saturated rings. The van der Waals surface area contributed by atoms with Gasteiger partial charge < -0.3 is 14.7 Å². The van der Waals surface area contributed by atoms with Crippen LogP contribution in [0.1, 0.15) is 37.4 Å². The van der Waals surface area contributed by atoms with Crippen LogP contribution in [0, 0.1) is 0 Å². The van der Waals surface area contributed by atoms with Crippen molar-refractivity contribution in [2.24, 2.45) is 0 Å². The van der Waals surface area contributed by atoms with Gasteiger partial charge in [0.15, 0.2) is 0 Å². The zero-order chi connectivity index (χ0) is 21.8. The Morgan fingerprint density at radius 2 is 1.77 bits per heavy atom. The second kappa shape index (κ2) is 9.65. The zero-order valence-corrected chi connectivity index (χ0v) is 18.3. The van der Waals surface area contributed by atoms with Crippen molar-refractivity contribution < 1.29 is 19.4 Å². The van der Waals surface area contributed by atoms with E-state index in [0.29, 0.717) is 40.7 Å². The van der Waals surface area contributed by atoms with Crippen LogP contribution in [0.3, 0.4) is 0 Å². The van der Waals surface area contributed by atoms with E-state index in [1.165, 1.54) is 4.90 Å². The molecule has 1 amide bonds. The number of hydrogen-bond acceptors (Lipinski definition) is 4. The number of likely N-dealkylation sites (tertiary alicyclic amines) is 1. The quantitative estimate of drug-likeness (QED) is 0.273. The smallest absolute Gasteiger partial charge is 0.295 e. The van der Waals surface area contributed by atoms with Gasteiger partial charge in [0.05, 0.1) is 17.7 Å². The lowest BCUT2D eigenvalue weighted by molar-refractivity contribution is -0.140. The summed E-state index contributed by atoms with van der Waals surface area (Å²) in [5.41, 5.74) is 0.997. The maximum Gasteiger partial charge on any atom is 0.295 e. The second-order valence-corrected chi connectivity index (χ2v) is 8.14. The summed E-state index contributed by atoms with van der Waals surface area (Å²) in [6, 6.07) is 12.6. The van der Waals surface area contributed by atoms with E-state index >= 15 is 0 Å². The highest BCUT2D eigenvalue weighted by Gasteiger charge is 2.46. The molecule has 5 nitrogen and oxygen atoms in total. The fourth-order valence-corrected chi connectivity index (χ4v) is 3.81. The average molecular weight is 448 g/mol. The highest BCUT2D eigenvalue weighted by Crippen LogP contribution is 2.41. The molecule has 1 aliphatic heterocycles.